The van der Waals surface area contributed by atoms with Crippen LogP contribution in [0.2, 0.25) is 0 Å². The molecule has 0 aliphatic carbocycles. The first-order chi connectivity index (χ1) is 8.49. The van der Waals surface area contributed by atoms with Gasteiger partial charge in [-0.15, -0.1) is 0 Å². The molecular weight excluding hydrogens is 258 g/mol. The van der Waals surface area contributed by atoms with E-state index in [1.807, 2.05) is 6.92 Å². The Morgan fingerprint density at radius 1 is 1.50 bits per heavy atom. The average molecular weight is 279 g/mol. The van der Waals surface area contributed by atoms with Gasteiger partial charge < -0.3 is 9.47 Å². The van der Waals surface area contributed by atoms with E-state index in [9.17, 15) is 13.2 Å². The number of rotatable bonds is 6. The third kappa shape index (κ3) is 4.55. The summed E-state index contributed by atoms with van der Waals surface area (Å²) in [5.74, 6) is -0.221. The van der Waals surface area contributed by atoms with E-state index < -0.39 is 16.1 Å². The maximum absolute atomic E-state index is 12.0. The van der Waals surface area contributed by atoms with Crippen LogP contribution in [0.5, 0.6) is 0 Å². The van der Waals surface area contributed by atoms with Gasteiger partial charge in [-0.2, -0.15) is 4.31 Å². The molecule has 1 heterocycles. The molecule has 6 nitrogen and oxygen atoms in total. The smallest absolute Gasteiger partial charge is 0.308 e. The molecule has 1 aliphatic heterocycles. The summed E-state index contributed by atoms with van der Waals surface area (Å²) in [6.45, 7) is 2.88. The van der Waals surface area contributed by atoms with Crippen molar-refractivity contribution in [1.29, 1.82) is 0 Å². The van der Waals surface area contributed by atoms with Gasteiger partial charge in [0.05, 0.1) is 32.0 Å². The van der Waals surface area contributed by atoms with E-state index in [4.69, 9.17) is 4.74 Å². The second-order valence-electron chi connectivity index (χ2n) is 4.30. The van der Waals surface area contributed by atoms with Crippen LogP contribution in [0.1, 0.15) is 26.2 Å². The number of ether oxygens (including phenoxy) is 2. The summed E-state index contributed by atoms with van der Waals surface area (Å²) in [6.07, 6.45) is 1.19. The zero-order valence-electron chi connectivity index (χ0n) is 10.9. The molecule has 0 aromatic heterocycles. The minimum absolute atomic E-state index is 0.0935. The summed E-state index contributed by atoms with van der Waals surface area (Å²) in [5.41, 5.74) is 0. The van der Waals surface area contributed by atoms with Crippen molar-refractivity contribution in [3.8, 4) is 0 Å². The minimum Gasteiger partial charge on any atom is -0.469 e. The van der Waals surface area contributed by atoms with Crippen LogP contribution in [0.3, 0.4) is 0 Å². The summed E-state index contributed by atoms with van der Waals surface area (Å²) in [4.78, 5) is 11.1. The number of methoxy groups -OCH3 is 1. The number of hydrogen-bond acceptors (Lipinski definition) is 5. The topological polar surface area (TPSA) is 72.9 Å². The summed E-state index contributed by atoms with van der Waals surface area (Å²) in [6, 6.07) is 0. The minimum atomic E-state index is -3.22. The van der Waals surface area contributed by atoms with Gasteiger partial charge in [0.1, 0.15) is 0 Å². The molecule has 7 heteroatoms. The molecule has 0 N–H and O–H groups in total. The van der Waals surface area contributed by atoms with Crippen LogP contribution in [-0.2, 0) is 24.3 Å². The molecule has 1 saturated heterocycles. The van der Waals surface area contributed by atoms with Crippen LogP contribution in [-0.4, -0.2) is 57.4 Å². The van der Waals surface area contributed by atoms with Gasteiger partial charge in [0, 0.05) is 13.1 Å². The Kier molecular flexibility index (Phi) is 6.04. The highest BCUT2D eigenvalue weighted by Gasteiger charge is 2.30. The molecule has 0 aromatic carbocycles. The van der Waals surface area contributed by atoms with Gasteiger partial charge in [0.2, 0.25) is 10.0 Å². The molecule has 106 valence electrons. The van der Waals surface area contributed by atoms with E-state index in [1.54, 1.807) is 0 Å². The first-order valence-electron chi connectivity index (χ1n) is 6.16. The number of unbranched alkanes of at least 4 members (excludes halogenated alkanes) is 1. The van der Waals surface area contributed by atoms with Crippen molar-refractivity contribution in [2.24, 2.45) is 0 Å². The van der Waals surface area contributed by atoms with E-state index in [0.29, 0.717) is 19.6 Å². The molecule has 0 aromatic rings. The normalized spacial score (nSPS) is 21.8. The zero-order chi connectivity index (χ0) is 13.6. The standard InChI is InChI=1S/C11H21NO5S/c1-3-4-7-18(14,15)12-5-6-17-10(9-12)8-11(13)16-2/h10H,3-9H2,1-2H3. The maximum atomic E-state index is 12.0. The number of nitrogens with zero attached hydrogens (tertiary/aromatic N) is 1. The molecule has 1 unspecified atom stereocenters. The van der Waals surface area contributed by atoms with E-state index >= 15 is 0 Å². The number of sulfonamides is 1. The lowest BCUT2D eigenvalue weighted by Gasteiger charge is -2.31. The van der Waals surface area contributed by atoms with E-state index in [1.165, 1.54) is 11.4 Å². The highest BCUT2D eigenvalue weighted by atomic mass is 32.2. The van der Waals surface area contributed by atoms with Crippen molar-refractivity contribution in [3.63, 3.8) is 0 Å². The Morgan fingerprint density at radius 3 is 2.83 bits per heavy atom. The summed E-state index contributed by atoms with van der Waals surface area (Å²) in [7, 11) is -1.91. The van der Waals surface area contributed by atoms with Crippen molar-refractivity contribution >= 4 is 16.0 Å². The molecule has 0 saturated carbocycles. The maximum Gasteiger partial charge on any atom is 0.308 e. The molecule has 0 radical (unpaired) electrons. The monoisotopic (exact) mass is 279 g/mol. The second-order valence-corrected chi connectivity index (χ2v) is 6.39. The molecule has 1 rings (SSSR count). The van der Waals surface area contributed by atoms with Gasteiger partial charge >= 0.3 is 5.97 Å². The number of morpholine rings is 1. The number of hydrogen-bond donors (Lipinski definition) is 0. The second kappa shape index (κ2) is 7.06. The van der Waals surface area contributed by atoms with E-state index in [0.717, 1.165) is 6.42 Å². The van der Waals surface area contributed by atoms with Gasteiger partial charge in [-0.1, -0.05) is 13.3 Å². The van der Waals surface area contributed by atoms with Gasteiger partial charge in [-0.3, -0.25) is 4.79 Å². The Morgan fingerprint density at radius 2 is 2.22 bits per heavy atom. The molecule has 0 bridgehead atoms. The summed E-state index contributed by atoms with van der Waals surface area (Å²) >= 11 is 0. The van der Waals surface area contributed by atoms with Gasteiger partial charge in [-0.05, 0) is 6.42 Å². The number of esters is 1. The van der Waals surface area contributed by atoms with Gasteiger partial charge in [0.15, 0.2) is 0 Å². The molecule has 1 atom stereocenters. The highest BCUT2D eigenvalue weighted by Crippen LogP contribution is 2.14. The van der Waals surface area contributed by atoms with Crippen molar-refractivity contribution < 1.29 is 22.7 Å². The fourth-order valence-corrected chi connectivity index (χ4v) is 3.45. The quantitative estimate of drug-likeness (QED) is 0.657. The number of carbonyl (C=O) groups is 1. The van der Waals surface area contributed by atoms with Crippen LogP contribution in [0, 0.1) is 0 Å². The lowest BCUT2D eigenvalue weighted by Crippen LogP contribution is -2.47. The number of carbonyl (C=O) groups excluding carboxylic acids is 1. The molecule has 0 amide bonds. The van der Waals surface area contributed by atoms with E-state index in [-0.39, 0.29) is 24.7 Å². The third-order valence-corrected chi connectivity index (χ3v) is 4.80. The van der Waals surface area contributed by atoms with E-state index in [2.05, 4.69) is 4.74 Å². The molecule has 0 spiro atoms. The average Bonchev–Trinajstić information content (AvgIpc) is 2.36. The molecule has 1 fully saturated rings. The third-order valence-electron chi connectivity index (χ3n) is 2.87. The largest absolute Gasteiger partial charge is 0.469 e. The van der Waals surface area contributed by atoms with Crippen LogP contribution < -0.4 is 0 Å². The van der Waals surface area contributed by atoms with Crippen LogP contribution in [0.4, 0.5) is 0 Å². The van der Waals surface area contributed by atoms with Crippen molar-refractivity contribution in [1.82, 2.24) is 4.31 Å². The fraction of sp³-hybridized carbons (Fsp3) is 0.909. The Labute approximate surface area is 108 Å². The summed E-state index contributed by atoms with van der Waals surface area (Å²) < 4.78 is 35.3. The van der Waals surface area contributed by atoms with Gasteiger partial charge in [-0.25, -0.2) is 8.42 Å². The van der Waals surface area contributed by atoms with Crippen molar-refractivity contribution in [2.75, 3.05) is 32.6 Å². The van der Waals surface area contributed by atoms with Crippen LogP contribution in [0.25, 0.3) is 0 Å². The Hall–Kier alpha value is -0.660. The molecular formula is C11H21NO5S. The van der Waals surface area contributed by atoms with Gasteiger partial charge in [0.25, 0.3) is 0 Å². The van der Waals surface area contributed by atoms with Crippen LogP contribution >= 0.6 is 0 Å². The predicted octanol–water partition coefficient (Wildman–Crippen LogP) is 0.380. The molecule has 1 aliphatic rings. The molecule has 18 heavy (non-hydrogen) atoms. The SMILES string of the molecule is CCCCS(=O)(=O)N1CCOC(CC(=O)OC)C1. The highest BCUT2D eigenvalue weighted by molar-refractivity contribution is 7.89. The van der Waals surface area contributed by atoms with Crippen molar-refractivity contribution in [3.05, 3.63) is 0 Å². The fourth-order valence-electron chi connectivity index (χ4n) is 1.79. The zero-order valence-corrected chi connectivity index (χ0v) is 11.7. The first kappa shape index (κ1) is 15.4. The summed E-state index contributed by atoms with van der Waals surface area (Å²) in [5, 5.41) is 0. The van der Waals surface area contributed by atoms with Crippen molar-refractivity contribution in [2.45, 2.75) is 32.3 Å². The lowest BCUT2D eigenvalue weighted by molar-refractivity contribution is -0.145. The Balaban J connectivity index is 2.55. The lowest BCUT2D eigenvalue weighted by atomic mass is 10.2. The Bertz CT molecular complexity index is 368. The van der Waals surface area contributed by atoms with Crippen LogP contribution in [0.15, 0.2) is 0 Å². The predicted molar refractivity (Wildman–Crippen MR) is 66.6 cm³/mol. The first-order valence-corrected chi connectivity index (χ1v) is 7.76.